The van der Waals surface area contributed by atoms with Crippen LogP contribution in [-0.4, -0.2) is 84.2 Å². The number of hydrogen-bond donors (Lipinski definition) is 1. The minimum absolute atomic E-state index is 0.0674. The van der Waals surface area contributed by atoms with Crippen molar-refractivity contribution in [3.8, 4) is 0 Å². The van der Waals surface area contributed by atoms with Gasteiger partial charge in [0.1, 0.15) is 0 Å². The fourth-order valence-corrected chi connectivity index (χ4v) is 4.15. The lowest BCUT2D eigenvalue weighted by Crippen LogP contribution is -2.53. The molecule has 1 aromatic carbocycles. The molecule has 2 saturated heterocycles. The number of nitrogens with zero attached hydrogens (tertiary/aromatic N) is 3. The summed E-state index contributed by atoms with van der Waals surface area (Å²) in [7, 11) is 0. The summed E-state index contributed by atoms with van der Waals surface area (Å²) in [5.41, 5.74) is 1.08. The molecule has 7 heteroatoms. The second-order valence-corrected chi connectivity index (χ2v) is 8.13. The van der Waals surface area contributed by atoms with Gasteiger partial charge in [-0.15, -0.1) is 0 Å². The van der Waals surface area contributed by atoms with Gasteiger partial charge in [-0.25, -0.2) is 0 Å². The third-order valence-corrected chi connectivity index (χ3v) is 5.89. The molecule has 1 N–H and O–H groups in total. The van der Waals surface area contributed by atoms with E-state index in [4.69, 9.17) is 0 Å². The van der Waals surface area contributed by atoms with E-state index >= 15 is 0 Å². The van der Waals surface area contributed by atoms with Gasteiger partial charge < -0.3 is 10.2 Å². The molecular weight excluding hydrogens is 368 g/mol. The van der Waals surface area contributed by atoms with Crippen LogP contribution < -0.4 is 5.32 Å². The summed E-state index contributed by atoms with van der Waals surface area (Å²) in [6.45, 7) is 8.34. The van der Waals surface area contributed by atoms with E-state index in [2.05, 4.69) is 22.0 Å². The Bertz CT molecular complexity index is 743. The quantitative estimate of drug-likeness (QED) is 0.738. The number of carbonyl (C=O) groups is 3. The molecule has 2 heterocycles. The van der Waals surface area contributed by atoms with Gasteiger partial charge >= 0.3 is 0 Å². The van der Waals surface area contributed by atoms with Crippen LogP contribution in [0.15, 0.2) is 24.3 Å². The van der Waals surface area contributed by atoms with Gasteiger partial charge in [-0.05, 0) is 45.2 Å². The molecule has 2 aliphatic rings. The van der Waals surface area contributed by atoms with E-state index in [-0.39, 0.29) is 24.1 Å². The monoisotopic (exact) mass is 400 g/mol. The van der Waals surface area contributed by atoms with Gasteiger partial charge in [-0.2, -0.15) is 0 Å². The van der Waals surface area contributed by atoms with Crippen molar-refractivity contribution in [1.82, 2.24) is 14.7 Å². The summed E-state index contributed by atoms with van der Waals surface area (Å²) in [5.74, 6) is 0.0387. The molecule has 0 radical (unpaired) electrons. The van der Waals surface area contributed by atoms with E-state index in [0.29, 0.717) is 23.8 Å². The molecule has 2 aliphatic heterocycles. The highest BCUT2D eigenvalue weighted by Crippen LogP contribution is 2.17. The van der Waals surface area contributed by atoms with E-state index in [1.165, 1.54) is 13.3 Å². The number of hydrogen-bond acceptors (Lipinski definition) is 5. The molecule has 0 aromatic heterocycles. The second kappa shape index (κ2) is 9.98. The Morgan fingerprint density at radius 2 is 1.62 bits per heavy atom. The van der Waals surface area contributed by atoms with Crippen molar-refractivity contribution in [2.75, 3.05) is 51.1 Å². The van der Waals surface area contributed by atoms with Crippen LogP contribution in [0.3, 0.4) is 0 Å². The highest BCUT2D eigenvalue weighted by atomic mass is 16.2. The van der Waals surface area contributed by atoms with Gasteiger partial charge in [0.05, 0.1) is 18.8 Å². The second-order valence-electron chi connectivity index (χ2n) is 8.13. The van der Waals surface area contributed by atoms with Crippen LogP contribution in [-0.2, 0) is 9.59 Å². The molecule has 158 valence electrons. The first-order chi connectivity index (χ1) is 13.9. The van der Waals surface area contributed by atoms with E-state index in [1.54, 1.807) is 24.3 Å². The van der Waals surface area contributed by atoms with Crippen molar-refractivity contribution in [2.45, 2.75) is 39.2 Å². The van der Waals surface area contributed by atoms with Crippen molar-refractivity contribution >= 4 is 23.3 Å². The Kier molecular flexibility index (Phi) is 7.39. The maximum absolute atomic E-state index is 12.6. The number of ketones is 1. The Morgan fingerprint density at radius 3 is 2.28 bits per heavy atom. The van der Waals surface area contributed by atoms with Crippen molar-refractivity contribution in [2.24, 2.45) is 0 Å². The van der Waals surface area contributed by atoms with Crippen molar-refractivity contribution in [3.63, 3.8) is 0 Å². The number of piperazine rings is 1. The summed E-state index contributed by atoms with van der Waals surface area (Å²) in [4.78, 5) is 43.0. The highest BCUT2D eigenvalue weighted by Gasteiger charge is 2.26. The number of carbonyl (C=O) groups excluding carboxylic acids is 3. The van der Waals surface area contributed by atoms with Gasteiger partial charge in [-0.1, -0.05) is 12.1 Å². The smallest absolute Gasteiger partial charge is 0.238 e. The number of benzene rings is 1. The third-order valence-electron chi connectivity index (χ3n) is 5.89. The lowest BCUT2D eigenvalue weighted by atomic mass is 10.0. The van der Waals surface area contributed by atoms with Crippen LogP contribution in [0.2, 0.25) is 0 Å². The SMILES string of the molecule is CC(=O)c1ccccc1NC(=O)CN1CCN(CC(=O)N2CCCC[C@H]2C)CC1. The van der Waals surface area contributed by atoms with E-state index in [1.807, 2.05) is 4.90 Å². The largest absolute Gasteiger partial charge is 0.339 e. The Hall–Kier alpha value is -2.25. The molecule has 2 amide bonds. The minimum atomic E-state index is -0.120. The zero-order valence-electron chi connectivity index (χ0n) is 17.5. The molecule has 3 rings (SSSR count). The summed E-state index contributed by atoms with van der Waals surface area (Å²) in [6, 6.07) is 7.41. The number of Topliss-reactive ketones (excluding diaryl/α,β-unsaturated/α-hetero) is 1. The summed E-state index contributed by atoms with van der Waals surface area (Å²) in [6.07, 6.45) is 3.41. The molecule has 0 bridgehead atoms. The van der Waals surface area contributed by atoms with Gasteiger partial charge in [0, 0.05) is 44.3 Å². The summed E-state index contributed by atoms with van der Waals surface area (Å²) < 4.78 is 0. The maximum atomic E-state index is 12.6. The number of rotatable bonds is 6. The fourth-order valence-electron chi connectivity index (χ4n) is 4.15. The lowest BCUT2D eigenvalue weighted by Gasteiger charge is -2.37. The first kappa shape index (κ1) is 21.5. The number of amides is 2. The predicted octanol–water partition coefficient (Wildman–Crippen LogP) is 1.85. The molecule has 0 aliphatic carbocycles. The average molecular weight is 401 g/mol. The first-order valence-corrected chi connectivity index (χ1v) is 10.6. The van der Waals surface area contributed by atoms with Gasteiger partial charge in [0.2, 0.25) is 11.8 Å². The number of likely N-dealkylation sites (tertiary alicyclic amines) is 1. The van der Waals surface area contributed by atoms with Gasteiger partial charge in [0.25, 0.3) is 0 Å². The van der Waals surface area contributed by atoms with Crippen LogP contribution in [0, 0.1) is 0 Å². The molecule has 0 unspecified atom stereocenters. The van der Waals surface area contributed by atoms with Crippen LogP contribution in [0.4, 0.5) is 5.69 Å². The van der Waals surface area contributed by atoms with Crippen LogP contribution in [0.1, 0.15) is 43.5 Å². The maximum Gasteiger partial charge on any atom is 0.238 e. The van der Waals surface area contributed by atoms with E-state index in [0.717, 1.165) is 45.6 Å². The minimum Gasteiger partial charge on any atom is -0.339 e. The Labute approximate surface area is 173 Å². The Balaban J connectivity index is 1.43. The standard InChI is InChI=1S/C22H32N4O3/c1-17-7-5-6-10-26(17)22(29)16-25-13-11-24(12-14-25)15-21(28)23-20-9-4-3-8-19(20)18(2)27/h3-4,8-9,17H,5-7,10-16H2,1-2H3,(H,23,28)/t17-/m1/s1. The van der Waals surface area contributed by atoms with Gasteiger partial charge in [0.15, 0.2) is 5.78 Å². The average Bonchev–Trinajstić information content (AvgIpc) is 2.70. The third kappa shape index (κ3) is 5.87. The van der Waals surface area contributed by atoms with Crippen LogP contribution >= 0.6 is 0 Å². The van der Waals surface area contributed by atoms with Crippen molar-refractivity contribution in [1.29, 1.82) is 0 Å². The van der Waals surface area contributed by atoms with Gasteiger partial charge in [-0.3, -0.25) is 24.2 Å². The predicted molar refractivity (Wildman–Crippen MR) is 113 cm³/mol. The zero-order chi connectivity index (χ0) is 20.8. The van der Waals surface area contributed by atoms with E-state index < -0.39 is 0 Å². The van der Waals surface area contributed by atoms with E-state index in [9.17, 15) is 14.4 Å². The molecular formula is C22H32N4O3. The number of anilines is 1. The van der Waals surface area contributed by atoms with Crippen LogP contribution in [0.25, 0.3) is 0 Å². The molecule has 29 heavy (non-hydrogen) atoms. The number of nitrogens with one attached hydrogen (secondary N) is 1. The normalized spacial score (nSPS) is 21.0. The molecule has 1 atom stereocenters. The zero-order valence-corrected chi connectivity index (χ0v) is 17.5. The molecule has 1 aromatic rings. The fraction of sp³-hybridized carbons (Fsp3) is 0.591. The Morgan fingerprint density at radius 1 is 0.966 bits per heavy atom. The number of para-hydroxylation sites is 1. The molecule has 0 saturated carbocycles. The molecule has 7 nitrogen and oxygen atoms in total. The number of piperidine rings is 1. The molecule has 2 fully saturated rings. The topological polar surface area (TPSA) is 73.0 Å². The lowest BCUT2D eigenvalue weighted by molar-refractivity contribution is -0.136. The summed E-state index contributed by atoms with van der Waals surface area (Å²) >= 11 is 0. The van der Waals surface area contributed by atoms with Crippen molar-refractivity contribution in [3.05, 3.63) is 29.8 Å². The first-order valence-electron chi connectivity index (χ1n) is 10.6. The summed E-state index contributed by atoms with van der Waals surface area (Å²) in [5, 5.41) is 2.85. The van der Waals surface area contributed by atoms with Crippen molar-refractivity contribution < 1.29 is 14.4 Å². The molecule has 0 spiro atoms. The highest BCUT2D eigenvalue weighted by molar-refractivity contribution is 6.04. The van der Waals surface area contributed by atoms with Crippen LogP contribution in [0.5, 0.6) is 0 Å².